The van der Waals surface area contributed by atoms with Gasteiger partial charge < -0.3 is 24.3 Å². The fraction of sp³-hybridized carbons (Fsp3) is 0.444. The number of amides is 1. The molecule has 2 aromatic rings. The second-order valence-corrected chi connectivity index (χ2v) is 10.1. The van der Waals surface area contributed by atoms with Gasteiger partial charge in [0.25, 0.3) is 0 Å². The predicted molar refractivity (Wildman–Crippen MR) is 129 cm³/mol. The van der Waals surface area contributed by atoms with Crippen molar-refractivity contribution in [1.82, 2.24) is 5.32 Å². The molecular weight excluding hydrogens is 475 g/mol. The summed E-state index contributed by atoms with van der Waals surface area (Å²) in [4.78, 5) is 12.5. The van der Waals surface area contributed by atoms with Crippen LogP contribution < -0.4 is 10.1 Å². The first-order chi connectivity index (χ1) is 16.7. The van der Waals surface area contributed by atoms with E-state index in [9.17, 15) is 18.0 Å². The predicted octanol–water partition coefficient (Wildman–Crippen LogP) is 6.34. The van der Waals surface area contributed by atoms with Gasteiger partial charge in [0, 0.05) is 0 Å². The Morgan fingerprint density at radius 3 is 2.28 bits per heavy atom. The van der Waals surface area contributed by atoms with Crippen LogP contribution in [0, 0.1) is 0 Å². The first-order valence-corrected chi connectivity index (χ1v) is 11.5. The maximum atomic E-state index is 13.8. The maximum absolute atomic E-state index is 13.8. The fourth-order valence-corrected chi connectivity index (χ4v) is 3.40. The second kappa shape index (κ2) is 10.5. The molecule has 0 atom stereocenters. The number of nitrogens with one attached hydrogen (secondary N) is 1. The first kappa shape index (κ1) is 27.5. The number of halogens is 3. The summed E-state index contributed by atoms with van der Waals surface area (Å²) < 4.78 is 63.8. The topological polar surface area (TPSA) is 66.0 Å². The molecule has 0 radical (unpaired) electrons. The largest absolute Gasteiger partial charge is 0.488 e. The third-order valence-corrected chi connectivity index (χ3v) is 5.25. The summed E-state index contributed by atoms with van der Waals surface area (Å²) in [6, 6.07) is 12.8. The van der Waals surface area contributed by atoms with Crippen molar-refractivity contribution in [2.24, 2.45) is 0 Å². The average Bonchev–Trinajstić information content (AvgIpc) is 2.77. The van der Waals surface area contributed by atoms with E-state index in [0.717, 1.165) is 11.6 Å². The van der Waals surface area contributed by atoms with Crippen LogP contribution in [0.15, 0.2) is 54.6 Å². The minimum atomic E-state index is -4.62. The minimum absolute atomic E-state index is 0.00644. The van der Waals surface area contributed by atoms with E-state index in [-0.39, 0.29) is 31.1 Å². The van der Waals surface area contributed by atoms with E-state index < -0.39 is 34.8 Å². The van der Waals surface area contributed by atoms with Crippen LogP contribution in [0.5, 0.6) is 5.75 Å². The van der Waals surface area contributed by atoms with Gasteiger partial charge in [-0.15, -0.1) is 0 Å². The molecule has 1 aliphatic heterocycles. The van der Waals surface area contributed by atoms with Crippen molar-refractivity contribution in [1.29, 1.82) is 0 Å². The van der Waals surface area contributed by atoms with Crippen molar-refractivity contribution in [3.63, 3.8) is 0 Å². The summed E-state index contributed by atoms with van der Waals surface area (Å²) in [5, 5.41) is 2.75. The summed E-state index contributed by atoms with van der Waals surface area (Å²) in [6.45, 7) is 8.74. The fourth-order valence-electron chi connectivity index (χ4n) is 3.40. The Hall–Kier alpha value is -3.04. The SMILES string of the molecule is CC(C)(C)OC(=O)NC1(/C=C\c2ccc(OCc3ccccc3)c(C(F)(F)F)c2)COC(C)(C)OC1. The van der Waals surface area contributed by atoms with Gasteiger partial charge in [0.05, 0.1) is 18.8 Å². The van der Waals surface area contributed by atoms with Crippen LogP contribution in [-0.4, -0.2) is 36.2 Å². The molecule has 1 heterocycles. The molecule has 0 bridgehead atoms. The van der Waals surface area contributed by atoms with Gasteiger partial charge >= 0.3 is 12.3 Å². The van der Waals surface area contributed by atoms with E-state index in [1.165, 1.54) is 18.2 Å². The lowest BCUT2D eigenvalue weighted by Crippen LogP contribution is -2.60. The Morgan fingerprint density at radius 1 is 1.06 bits per heavy atom. The van der Waals surface area contributed by atoms with Crippen molar-refractivity contribution in [2.75, 3.05) is 13.2 Å². The summed E-state index contributed by atoms with van der Waals surface area (Å²) in [6.07, 6.45) is -2.27. The Kier molecular flexibility index (Phi) is 8.05. The molecule has 3 rings (SSSR count). The molecular formula is C27H32F3NO5. The van der Waals surface area contributed by atoms with Gasteiger partial charge in [-0.1, -0.05) is 48.6 Å². The van der Waals surface area contributed by atoms with Crippen molar-refractivity contribution in [3.8, 4) is 5.75 Å². The van der Waals surface area contributed by atoms with E-state index in [1.807, 2.05) is 6.07 Å². The molecule has 1 saturated heterocycles. The van der Waals surface area contributed by atoms with Gasteiger partial charge in [0.1, 0.15) is 23.5 Å². The summed E-state index contributed by atoms with van der Waals surface area (Å²) in [5.74, 6) is -1.13. The van der Waals surface area contributed by atoms with Crippen molar-refractivity contribution in [2.45, 2.75) is 64.3 Å². The molecule has 1 fully saturated rings. The van der Waals surface area contributed by atoms with Crippen LogP contribution in [0.1, 0.15) is 51.3 Å². The quantitative estimate of drug-likeness (QED) is 0.494. The Balaban J connectivity index is 1.84. The number of ether oxygens (including phenoxy) is 4. The van der Waals surface area contributed by atoms with Crippen LogP contribution in [-0.2, 0) is 27.0 Å². The van der Waals surface area contributed by atoms with Crippen molar-refractivity contribution in [3.05, 3.63) is 71.3 Å². The number of carbonyl (C=O) groups is 1. The smallest absolute Gasteiger partial charge is 0.419 e. The maximum Gasteiger partial charge on any atom is 0.419 e. The highest BCUT2D eigenvalue weighted by Gasteiger charge is 2.41. The van der Waals surface area contributed by atoms with Gasteiger partial charge in [0.2, 0.25) is 0 Å². The highest BCUT2D eigenvalue weighted by molar-refractivity contribution is 5.70. The lowest BCUT2D eigenvalue weighted by molar-refractivity contribution is -0.263. The number of rotatable bonds is 6. The Labute approximate surface area is 209 Å². The lowest BCUT2D eigenvalue weighted by Gasteiger charge is -2.42. The molecule has 196 valence electrons. The van der Waals surface area contributed by atoms with Gasteiger partial charge in [-0.25, -0.2) is 4.79 Å². The molecule has 1 amide bonds. The molecule has 1 aliphatic rings. The van der Waals surface area contributed by atoms with Crippen LogP contribution in [0.4, 0.5) is 18.0 Å². The molecule has 6 nitrogen and oxygen atoms in total. The summed E-state index contributed by atoms with van der Waals surface area (Å²) in [7, 11) is 0. The van der Waals surface area contributed by atoms with Crippen LogP contribution in [0.25, 0.3) is 6.08 Å². The highest BCUT2D eigenvalue weighted by Crippen LogP contribution is 2.37. The zero-order valence-corrected chi connectivity index (χ0v) is 21.1. The number of hydrogen-bond donors (Lipinski definition) is 1. The standard InChI is InChI=1S/C27H32F3NO5/c1-24(2,3)36-23(32)31-26(17-34-25(4,5)35-18-26)14-13-19-11-12-22(21(15-19)27(28,29)30)33-16-20-9-7-6-8-10-20/h6-15H,16-18H2,1-5H3,(H,31,32)/b14-13-. The van der Waals surface area contributed by atoms with Gasteiger partial charge in [-0.3, -0.25) is 0 Å². The third kappa shape index (κ3) is 7.99. The number of alkyl carbamates (subject to hydrolysis) is 1. The number of hydrogen-bond acceptors (Lipinski definition) is 5. The molecule has 0 spiro atoms. The zero-order valence-electron chi connectivity index (χ0n) is 21.1. The Bertz CT molecular complexity index is 1070. The van der Waals surface area contributed by atoms with Gasteiger partial charge in [-0.05, 0) is 57.9 Å². The molecule has 36 heavy (non-hydrogen) atoms. The monoisotopic (exact) mass is 507 g/mol. The average molecular weight is 508 g/mol. The van der Waals surface area contributed by atoms with E-state index >= 15 is 0 Å². The second-order valence-electron chi connectivity index (χ2n) is 10.1. The molecule has 0 aromatic heterocycles. The van der Waals surface area contributed by atoms with E-state index in [0.29, 0.717) is 0 Å². The summed E-state index contributed by atoms with van der Waals surface area (Å²) >= 11 is 0. The minimum Gasteiger partial charge on any atom is -0.488 e. The molecule has 2 aromatic carbocycles. The lowest BCUT2D eigenvalue weighted by atomic mass is 9.97. The van der Waals surface area contributed by atoms with Crippen LogP contribution in [0.2, 0.25) is 0 Å². The van der Waals surface area contributed by atoms with Gasteiger partial charge in [0.15, 0.2) is 5.79 Å². The van der Waals surface area contributed by atoms with Crippen LogP contribution >= 0.6 is 0 Å². The van der Waals surface area contributed by atoms with E-state index in [4.69, 9.17) is 18.9 Å². The Morgan fingerprint density at radius 2 is 1.69 bits per heavy atom. The van der Waals surface area contributed by atoms with E-state index in [2.05, 4.69) is 5.32 Å². The van der Waals surface area contributed by atoms with E-state index in [1.54, 1.807) is 65.0 Å². The molecule has 0 unspecified atom stereocenters. The summed E-state index contributed by atoms with van der Waals surface area (Å²) in [5.41, 5.74) is -1.75. The van der Waals surface area contributed by atoms with Crippen molar-refractivity contribution >= 4 is 12.2 Å². The highest BCUT2D eigenvalue weighted by atomic mass is 19.4. The molecule has 0 saturated carbocycles. The first-order valence-electron chi connectivity index (χ1n) is 11.5. The molecule has 0 aliphatic carbocycles. The van der Waals surface area contributed by atoms with Crippen molar-refractivity contribution < 1.29 is 36.9 Å². The number of benzene rings is 2. The molecule has 1 N–H and O–H groups in total. The van der Waals surface area contributed by atoms with Gasteiger partial charge in [-0.2, -0.15) is 13.2 Å². The zero-order chi connectivity index (χ0) is 26.6. The third-order valence-electron chi connectivity index (χ3n) is 5.25. The molecule has 9 heteroatoms. The van der Waals surface area contributed by atoms with Crippen LogP contribution in [0.3, 0.4) is 0 Å². The number of carbonyl (C=O) groups excluding carboxylic acids is 1. The number of alkyl halides is 3. The normalized spacial score (nSPS) is 17.6.